The zero-order chi connectivity index (χ0) is 12.2. The van der Waals surface area contributed by atoms with Gasteiger partial charge in [-0.15, -0.1) is 0 Å². The first-order valence-electron chi connectivity index (χ1n) is 5.97. The molecule has 2 unspecified atom stereocenters. The van der Waals surface area contributed by atoms with Crippen LogP contribution in [-0.4, -0.2) is 12.1 Å². The number of hydrogen-bond donors (Lipinski definition) is 0. The van der Waals surface area contributed by atoms with Crippen LogP contribution in [0.15, 0.2) is 10.2 Å². The number of unbranched alkanes of at least 4 members (excludes halogenated alkanes) is 2. The summed E-state index contributed by atoms with van der Waals surface area (Å²) in [5, 5.41) is 25.5. The van der Waals surface area contributed by atoms with Crippen LogP contribution in [0.1, 0.15) is 52.4 Å². The number of rotatable bonds is 8. The minimum absolute atomic E-state index is 0.377. The number of azo groups is 1. The van der Waals surface area contributed by atoms with Gasteiger partial charge in [-0.25, -0.2) is 0 Å². The second kappa shape index (κ2) is 10.1. The molecule has 0 heterocycles. The summed E-state index contributed by atoms with van der Waals surface area (Å²) in [6.45, 7) is 4.15. The summed E-state index contributed by atoms with van der Waals surface area (Å²) in [6, 6.07) is 3.45. The third-order valence-corrected chi connectivity index (χ3v) is 2.31. The van der Waals surface area contributed by atoms with Crippen molar-refractivity contribution in [3.05, 3.63) is 0 Å². The predicted octanol–water partition coefficient (Wildman–Crippen LogP) is 3.60. The molecule has 0 aromatic heterocycles. The minimum atomic E-state index is -0.377. The van der Waals surface area contributed by atoms with Gasteiger partial charge in [0.05, 0.1) is 12.1 Å². The van der Waals surface area contributed by atoms with Gasteiger partial charge in [-0.1, -0.05) is 39.5 Å². The van der Waals surface area contributed by atoms with Gasteiger partial charge in [0.1, 0.15) is 0 Å². The van der Waals surface area contributed by atoms with Crippen LogP contribution < -0.4 is 0 Å². The van der Waals surface area contributed by atoms with Crippen LogP contribution in [0.3, 0.4) is 0 Å². The zero-order valence-corrected chi connectivity index (χ0v) is 10.2. The molecule has 0 rings (SSSR count). The van der Waals surface area contributed by atoms with E-state index in [9.17, 15) is 0 Å². The fraction of sp³-hybridized carbons (Fsp3) is 0.833. The molecule has 88 valence electrons. The Labute approximate surface area is 98.0 Å². The van der Waals surface area contributed by atoms with Crippen LogP contribution >= 0.6 is 0 Å². The van der Waals surface area contributed by atoms with Gasteiger partial charge in [0.15, 0.2) is 12.1 Å². The van der Waals surface area contributed by atoms with Gasteiger partial charge in [-0.3, -0.25) is 0 Å². The third kappa shape index (κ3) is 6.95. The highest BCUT2D eigenvalue weighted by Gasteiger charge is 2.07. The highest BCUT2D eigenvalue weighted by atomic mass is 15.1. The molecule has 0 aliphatic heterocycles. The molecule has 0 aromatic rings. The summed E-state index contributed by atoms with van der Waals surface area (Å²) in [5.74, 6) is 0. The predicted molar refractivity (Wildman–Crippen MR) is 62.7 cm³/mol. The van der Waals surface area contributed by atoms with Crippen LogP contribution in [0, 0.1) is 22.7 Å². The van der Waals surface area contributed by atoms with Gasteiger partial charge in [-0.2, -0.15) is 20.8 Å². The Morgan fingerprint density at radius 1 is 0.875 bits per heavy atom. The van der Waals surface area contributed by atoms with Crippen LogP contribution in [0.2, 0.25) is 0 Å². The van der Waals surface area contributed by atoms with Crippen molar-refractivity contribution in [2.24, 2.45) is 10.2 Å². The molecule has 0 saturated carbocycles. The van der Waals surface area contributed by atoms with Crippen molar-refractivity contribution < 1.29 is 0 Å². The Balaban J connectivity index is 4.09. The Bertz CT molecular complexity index is 244. The van der Waals surface area contributed by atoms with E-state index >= 15 is 0 Å². The summed E-state index contributed by atoms with van der Waals surface area (Å²) in [6.07, 6.45) is 5.52. The first-order chi connectivity index (χ1) is 7.78. The maximum absolute atomic E-state index is 8.83. The normalized spacial score (nSPS) is 14.2. The van der Waals surface area contributed by atoms with Crippen molar-refractivity contribution >= 4 is 0 Å². The summed E-state index contributed by atoms with van der Waals surface area (Å²) in [4.78, 5) is 0. The quantitative estimate of drug-likeness (QED) is 0.586. The molecule has 2 atom stereocenters. The molecule has 0 aromatic carbocycles. The Morgan fingerprint density at radius 3 is 1.50 bits per heavy atom. The smallest absolute Gasteiger partial charge is 0.157 e. The Morgan fingerprint density at radius 2 is 1.25 bits per heavy atom. The first kappa shape index (κ1) is 14.6. The summed E-state index contributed by atoms with van der Waals surface area (Å²) < 4.78 is 0. The molecule has 0 radical (unpaired) electrons. The molecule has 0 bridgehead atoms. The molecule has 0 amide bonds. The van der Waals surface area contributed by atoms with Gasteiger partial charge in [0, 0.05) is 0 Å². The van der Waals surface area contributed by atoms with Crippen LogP contribution in [0.4, 0.5) is 0 Å². The Hall–Kier alpha value is -1.42. The minimum Gasteiger partial charge on any atom is -0.196 e. The van der Waals surface area contributed by atoms with Crippen molar-refractivity contribution in [1.29, 1.82) is 10.5 Å². The fourth-order valence-corrected chi connectivity index (χ4v) is 1.25. The highest BCUT2D eigenvalue weighted by Crippen LogP contribution is 2.08. The Kier molecular flexibility index (Phi) is 9.21. The van der Waals surface area contributed by atoms with E-state index in [1.54, 1.807) is 0 Å². The molecule has 4 heteroatoms. The lowest BCUT2D eigenvalue weighted by molar-refractivity contribution is 0.589. The van der Waals surface area contributed by atoms with Crippen molar-refractivity contribution in [3.8, 4) is 12.1 Å². The molecule has 0 aliphatic carbocycles. The monoisotopic (exact) mass is 220 g/mol. The van der Waals surface area contributed by atoms with E-state index in [0.29, 0.717) is 0 Å². The summed E-state index contributed by atoms with van der Waals surface area (Å²) >= 11 is 0. The highest BCUT2D eigenvalue weighted by molar-refractivity contribution is 4.92. The van der Waals surface area contributed by atoms with E-state index in [4.69, 9.17) is 10.5 Å². The molecular weight excluding hydrogens is 200 g/mol. The van der Waals surface area contributed by atoms with Crippen LogP contribution in [-0.2, 0) is 0 Å². The lowest BCUT2D eigenvalue weighted by atomic mass is 10.1. The van der Waals surface area contributed by atoms with Gasteiger partial charge >= 0.3 is 0 Å². The summed E-state index contributed by atoms with van der Waals surface area (Å²) in [5.41, 5.74) is 0. The van der Waals surface area contributed by atoms with Crippen molar-refractivity contribution in [1.82, 2.24) is 0 Å². The second-order valence-corrected chi connectivity index (χ2v) is 3.81. The molecule has 16 heavy (non-hydrogen) atoms. The largest absolute Gasteiger partial charge is 0.196 e. The van der Waals surface area contributed by atoms with E-state index in [-0.39, 0.29) is 12.1 Å². The number of hydrogen-bond acceptors (Lipinski definition) is 4. The van der Waals surface area contributed by atoms with E-state index < -0.39 is 0 Å². The van der Waals surface area contributed by atoms with E-state index in [1.807, 2.05) is 0 Å². The topological polar surface area (TPSA) is 72.3 Å². The molecule has 4 nitrogen and oxygen atoms in total. The molecule has 0 N–H and O–H groups in total. The van der Waals surface area contributed by atoms with E-state index in [2.05, 4.69) is 36.2 Å². The standard InChI is InChI=1S/C12H20N4/c1-3-5-7-11(9-13)15-16-12(10-14)8-6-4-2/h11-12H,3-8H2,1-2H3/b16-15+. The first-order valence-corrected chi connectivity index (χ1v) is 5.97. The van der Waals surface area contributed by atoms with Crippen molar-refractivity contribution in [2.45, 2.75) is 64.5 Å². The molecule has 0 aliphatic rings. The molecule has 0 saturated heterocycles. The molecule has 0 spiro atoms. The van der Waals surface area contributed by atoms with Crippen molar-refractivity contribution in [2.75, 3.05) is 0 Å². The number of nitriles is 2. The van der Waals surface area contributed by atoms with Gasteiger partial charge in [0.2, 0.25) is 0 Å². The maximum Gasteiger partial charge on any atom is 0.157 e. The molecular formula is C12H20N4. The van der Waals surface area contributed by atoms with E-state index in [1.165, 1.54) is 0 Å². The zero-order valence-electron chi connectivity index (χ0n) is 10.2. The lowest BCUT2D eigenvalue weighted by Gasteiger charge is -2.03. The average molecular weight is 220 g/mol. The SMILES string of the molecule is CCCCC(C#N)/N=N/C(C#N)CCCC. The average Bonchev–Trinajstić information content (AvgIpc) is 2.33. The second-order valence-electron chi connectivity index (χ2n) is 3.81. The fourth-order valence-electron chi connectivity index (χ4n) is 1.25. The molecule has 0 fully saturated rings. The van der Waals surface area contributed by atoms with Gasteiger partial charge < -0.3 is 0 Å². The van der Waals surface area contributed by atoms with Crippen LogP contribution in [0.25, 0.3) is 0 Å². The van der Waals surface area contributed by atoms with Crippen molar-refractivity contribution in [3.63, 3.8) is 0 Å². The van der Waals surface area contributed by atoms with Crippen LogP contribution in [0.5, 0.6) is 0 Å². The summed E-state index contributed by atoms with van der Waals surface area (Å²) in [7, 11) is 0. The maximum atomic E-state index is 8.83. The lowest BCUT2D eigenvalue weighted by Crippen LogP contribution is -2.04. The third-order valence-electron chi connectivity index (χ3n) is 2.31. The number of nitrogens with zero attached hydrogens (tertiary/aromatic N) is 4. The van der Waals surface area contributed by atoms with Gasteiger partial charge in [0.25, 0.3) is 0 Å². The van der Waals surface area contributed by atoms with E-state index in [0.717, 1.165) is 38.5 Å². The van der Waals surface area contributed by atoms with Gasteiger partial charge in [-0.05, 0) is 12.8 Å².